The first-order valence-electron chi connectivity index (χ1n) is 13.2. The Morgan fingerprint density at radius 1 is 0.974 bits per heavy atom. The third-order valence-electron chi connectivity index (χ3n) is 8.59. The lowest BCUT2D eigenvalue weighted by Gasteiger charge is -2.30. The number of para-hydroxylation sites is 1. The van der Waals surface area contributed by atoms with E-state index in [2.05, 4.69) is 15.6 Å². The first-order chi connectivity index (χ1) is 18.9. The molecule has 1 aromatic heterocycles. The van der Waals surface area contributed by atoms with Gasteiger partial charge in [-0.1, -0.05) is 66.2 Å². The number of aryl methyl sites for hydroxylation is 1. The number of amides is 3. The summed E-state index contributed by atoms with van der Waals surface area (Å²) in [6.45, 7) is 2.18. The molecule has 0 aliphatic carbocycles. The number of rotatable bonds is 5. The summed E-state index contributed by atoms with van der Waals surface area (Å²) in [5, 5.41) is 7.95. The Bertz CT molecular complexity index is 1670. The fourth-order valence-corrected chi connectivity index (χ4v) is 7.19. The molecule has 7 nitrogen and oxygen atoms in total. The highest BCUT2D eigenvalue weighted by Gasteiger charge is 2.70. The number of anilines is 1. The number of nitrogens with one attached hydrogen (secondary N) is 3. The largest absolute Gasteiger partial charge is 0.361 e. The summed E-state index contributed by atoms with van der Waals surface area (Å²) in [7, 11) is 0. The number of likely N-dealkylation sites (tertiary alicyclic amines) is 1. The highest BCUT2D eigenvalue weighted by molar-refractivity contribution is 6.35. The summed E-state index contributed by atoms with van der Waals surface area (Å²) in [6, 6.07) is 21.1. The predicted octanol–water partition coefficient (Wildman–Crippen LogP) is 4.34. The zero-order valence-corrected chi connectivity index (χ0v) is 22.1. The fourth-order valence-electron chi connectivity index (χ4n) is 6.87. The van der Waals surface area contributed by atoms with Crippen molar-refractivity contribution in [2.75, 3.05) is 11.9 Å². The molecule has 4 heterocycles. The lowest BCUT2D eigenvalue weighted by atomic mass is 9.76. The molecule has 4 aromatic rings. The average molecular weight is 539 g/mol. The molecule has 7 rings (SSSR count). The normalized spacial score (nSPS) is 25.5. The van der Waals surface area contributed by atoms with Crippen molar-refractivity contribution < 1.29 is 14.4 Å². The standard InChI is InChI=1S/C31H27ClN4O3/c1-17-13-21-27(22(32)14-17)34-30(39)31(21)26-25(24(35-31)15-19-16-33-23-10-6-5-9-20(19)23)28(37)36(29(26)38)12-11-18-7-3-2-4-8-18/h2-10,13-14,16,24-26,33,35H,11-12,15H2,1H3,(H,34,39)/t24-,25-,26+,31+/m1/s1. The van der Waals surface area contributed by atoms with Gasteiger partial charge in [0, 0.05) is 35.2 Å². The average Bonchev–Trinajstić information content (AvgIpc) is 3.64. The number of halogens is 1. The molecule has 0 saturated carbocycles. The van der Waals surface area contributed by atoms with Crippen molar-refractivity contribution in [3.63, 3.8) is 0 Å². The first-order valence-corrected chi connectivity index (χ1v) is 13.6. The second-order valence-electron chi connectivity index (χ2n) is 10.8. The molecule has 3 aromatic carbocycles. The predicted molar refractivity (Wildman–Crippen MR) is 149 cm³/mol. The smallest absolute Gasteiger partial charge is 0.250 e. The van der Waals surface area contributed by atoms with Gasteiger partial charge in [-0.05, 0) is 48.6 Å². The molecule has 39 heavy (non-hydrogen) atoms. The molecule has 0 radical (unpaired) electrons. The van der Waals surface area contributed by atoms with Crippen LogP contribution in [0.3, 0.4) is 0 Å². The van der Waals surface area contributed by atoms with Crippen LogP contribution >= 0.6 is 11.6 Å². The van der Waals surface area contributed by atoms with E-state index in [0.29, 0.717) is 29.1 Å². The summed E-state index contributed by atoms with van der Waals surface area (Å²) < 4.78 is 0. The number of carbonyl (C=O) groups excluding carboxylic acids is 3. The van der Waals surface area contributed by atoms with E-state index in [1.54, 1.807) is 6.07 Å². The van der Waals surface area contributed by atoms with Gasteiger partial charge in [-0.15, -0.1) is 0 Å². The van der Waals surface area contributed by atoms with Crippen LogP contribution in [0.1, 0.15) is 22.3 Å². The molecule has 8 heteroatoms. The number of hydrogen-bond acceptors (Lipinski definition) is 4. The van der Waals surface area contributed by atoms with Crippen LogP contribution in [0.4, 0.5) is 5.69 Å². The summed E-state index contributed by atoms with van der Waals surface area (Å²) in [4.78, 5) is 46.6. The lowest BCUT2D eigenvalue weighted by molar-refractivity contribution is -0.142. The van der Waals surface area contributed by atoms with Crippen LogP contribution in [0.2, 0.25) is 5.02 Å². The van der Waals surface area contributed by atoms with Gasteiger partial charge in [0.25, 0.3) is 0 Å². The Hall–Kier alpha value is -3.94. The number of hydrogen-bond donors (Lipinski definition) is 3. The zero-order chi connectivity index (χ0) is 26.9. The topological polar surface area (TPSA) is 94.3 Å². The molecule has 3 N–H and O–H groups in total. The Labute approximate surface area is 230 Å². The van der Waals surface area contributed by atoms with Crippen LogP contribution in [-0.4, -0.2) is 40.2 Å². The van der Waals surface area contributed by atoms with Gasteiger partial charge in [0.05, 0.1) is 22.5 Å². The Morgan fingerprint density at radius 3 is 2.56 bits per heavy atom. The number of fused-ring (bicyclic) bond motifs is 5. The molecule has 0 unspecified atom stereocenters. The quantitative estimate of drug-likeness (QED) is 0.330. The number of nitrogens with zero attached hydrogens (tertiary/aromatic N) is 1. The van der Waals surface area contributed by atoms with Gasteiger partial charge < -0.3 is 10.3 Å². The van der Waals surface area contributed by atoms with E-state index >= 15 is 0 Å². The lowest BCUT2D eigenvalue weighted by Crippen LogP contribution is -2.53. The van der Waals surface area contributed by atoms with Crippen LogP contribution in [0.5, 0.6) is 0 Å². The molecule has 196 valence electrons. The Balaban J connectivity index is 1.32. The SMILES string of the molecule is Cc1cc(Cl)c2c(c1)[C@@]1(N[C@H](Cc3c[nH]c4ccccc34)[C@H]3C(=O)N(CCc4ccccc4)C(=O)[C@H]31)C(=O)N2. The number of imide groups is 1. The molecular weight excluding hydrogens is 512 g/mol. The maximum atomic E-state index is 14.1. The van der Waals surface area contributed by atoms with Crippen LogP contribution in [0, 0.1) is 18.8 Å². The third kappa shape index (κ3) is 3.50. The van der Waals surface area contributed by atoms with Crippen LogP contribution in [-0.2, 0) is 32.8 Å². The summed E-state index contributed by atoms with van der Waals surface area (Å²) >= 11 is 6.56. The molecule has 2 fully saturated rings. The monoisotopic (exact) mass is 538 g/mol. The van der Waals surface area contributed by atoms with E-state index < -0.39 is 23.4 Å². The fraction of sp³-hybridized carbons (Fsp3) is 0.258. The van der Waals surface area contributed by atoms with Gasteiger partial charge in [-0.2, -0.15) is 0 Å². The van der Waals surface area contributed by atoms with Crippen molar-refractivity contribution in [3.8, 4) is 0 Å². The van der Waals surface area contributed by atoms with Gasteiger partial charge in [0.2, 0.25) is 17.7 Å². The highest BCUT2D eigenvalue weighted by atomic mass is 35.5. The zero-order valence-electron chi connectivity index (χ0n) is 21.3. The van der Waals surface area contributed by atoms with E-state index in [1.807, 2.05) is 73.8 Å². The van der Waals surface area contributed by atoms with E-state index in [1.165, 1.54) is 4.90 Å². The van der Waals surface area contributed by atoms with E-state index in [0.717, 1.165) is 27.6 Å². The first kappa shape index (κ1) is 24.1. The van der Waals surface area contributed by atoms with E-state index in [-0.39, 0.29) is 24.3 Å². The van der Waals surface area contributed by atoms with Crippen molar-refractivity contribution >= 4 is 45.9 Å². The maximum Gasteiger partial charge on any atom is 0.250 e. The molecule has 3 amide bonds. The van der Waals surface area contributed by atoms with Crippen LogP contribution in [0.25, 0.3) is 10.9 Å². The van der Waals surface area contributed by atoms with Crippen molar-refractivity contribution in [2.24, 2.45) is 11.8 Å². The number of benzene rings is 3. The molecule has 1 spiro atoms. The van der Waals surface area contributed by atoms with Gasteiger partial charge in [-0.25, -0.2) is 0 Å². The van der Waals surface area contributed by atoms with Crippen LogP contribution < -0.4 is 10.6 Å². The van der Waals surface area contributed by atoms with Gasteiger partial charge in [-0.3, -0.25) is 24.6 Å². The molecule has 4 atom stereocenters. The van der Waals surface area contributed by atoms with E-state index in [4.69, 9.17) is 11.6 Å². The highest BCUT2D eigenvalue weighted by Crippen LogP contribution is 2.54. The minimum atomic E-state index is -1.37. The second-order valence-corrected chi connectivity index (χ2v) is 11.2. The molecular formula is C31H27ClN4O3. The minimum Gasteiger partial charge on any atom is -0.361 e. The summed E-state index contributed by atoms with van der Waals surface area (Å²) in [5.41, 5.74) is 3.73. The minimum absolute atomic E-state index is 0.227. The Kier molecular flexibility index (Phi) is 5.44. The Morgan fingerprint density at radius 2 is 1.74 bits per heavy atom. The van der Waals surface area contributed by atoms with Crippen molar-refractivity contribution in [3.05, 3.63) is 100 Å². The molecule has 3 aliphatic heterocycles. The van der Waals surface area contributed by atoms with Crippen molar-refractivity contribution in [2.45, 2.75) is 31.3 Å². The molecule has 3 aliphatic rings. The number of aromatic amines is 1. The van der Waals surface area contributed by atoms with Crippen molar-refractivity contribution in [1.82, 2.24) is 15.2 Å². The number of aromatic nitrogens is 1. The maximum absolute atomic E-state index is 14.1. The van der Waals surface area contributed by atoms with Crippen molar-refractivity contribution in [1.29, 1.82) is 0 Å². The summed E-state index contributed by atoms with van der Waals surface area (Å²) in [5.74, 6) is -2.42. The molecule has 2 saturated heterocycles. The van der Waals surface area contributed by atoms with Gasteiger partial charge in [0.15, 0.2) is 0 Å². The molecule has 0 bridgehead atoms. The number of carbonyl (C=O) groups is 3. The van der Waals surface area contributed by atoms with E-state index in [9.17, 15) is 14.4 Å². The number of H-pyrrole nitrogens is 1. The summed E-state index contributed by atoms with van der Waals surface area (Å²) in [6.07, 6.45) is 2.99. The van der Waals surface area contributed by atoms with Gasteiger partial charge in [0.1, 0.15) is 5.54 Å². The third-order valence-corrected chi connectivity index (χ3v) is 8.89. The van der Waals surface area contributed by atoms with Crippen LogP contribution in [0.15, 0.2) is 72.9 Å². The van der Waals surface area contributed by atoms with Gasteiger partial charge >= 0.3 is 0 Å². The second kappa shape index (κ2) is 8.79.